The third-order valence-electron chi connectivity index (χ3n) is 2.78. The van der Waals surface area contributed by atoms with E-state index in [1.165, 1.54) is 0 Å². The van der Waals surface area contributed by atoms with Gasteiger partial charge in [-0.3, -0.25) is 9.59 Å². The molecule has 0 rings (SSSR count). The van der Waals surface area contributed by atoms with Gasteiger partial charge in [0.05, 0.1) is 0 Å². The molecule has 15 heavy (non-hydrogen) atoms. The molecule has 2 N–H and O–H groups in total. The number of carboxylic acid groups (broad SMARTS) is 1. The first-order valence-corrected chi connectivity index (χ1v) is 5.48. The fourth-order valence-electron chi connectivity index (χ4n) is 1.22. The Labute approximate surface area is 91.1 Å². The highest BCUT2D eigenvalue weighted by Gasteiger charge is 2.17. The lowest BCUT2D eigenvalue weighted by Gasteiger charge is -2.17. The molecule has 2 atom stereocenters. The summed E-state index contributed by atoms with van der Waals surface area (Å²) in [6.07, 6.45) is 1.58. The summed E-state index contributed by atoms with van der Waals surface area (Å²) in [5.74, 6) is -0.432. The van der Waals surface area contributed by atoms with Crippen LogP contribution in [0.3, 0.4) is 0 Å². The van der Waals surface area contributed by atoms with Crippen LogP contribution < -0.4 is 5.32 Å². The predicted molar refractivity (Wildman–Crippen MR) is 58.5 cm³/mol. The van der Waals surface area contributed by atoms with Crippen LogP contribution in [0, 0.1) is 11.8 Å². The summed E-state index contributed by atoms with van der Waals surface area (Å²) < 4.78 is 0. The van der Waals surface area contributed by atoms with Gasteiger partial charge < -0.3 is 10.4 Å². The van der Waals surface area contributed by atoms with E-state index in [0.29, 0.717) is 18.9 Å². The zero-order chi connectivity index (χ0) is 11.8. The topological polar surface area (TPSA) is 66.4 Å². The Balaban J connectivity index is 3.69. The molecule has 0 saturated heterocycles. The van der Waals surface area contributed by atoms with Crippen molar-refractivity contribution in [1.82, 2.24) is 5.32 Å². The molecule has 0 aliphatic carbocycles. The molecule has 0 saturated carbocycles. The van der Waals surface area contributed by atoms with Crippen molar-refractivity contribution >= 4 is 11.9 Å². The van der Waals surface area contributed by atoms with Crippen molar-refractivity contribution in [1.29, 1.82) is 0 Å². The van der Waals surface area contributed by atoms with E-state index in [9.17, 15) is 9.59 Å². The Morgan fingerprint density at radius 2 is 1.93 bits per heavy atom. The van der Waals surface area contributed by atoms with Crippen LogP contribution in [-0.2, 0) is 9.59 Å². The predicted octanol–water partition coefficient (Wildman–Crippen LogP) is 1.65. The molecule has 0 aliphatic rings. The van der Waals surface area contributed by atoms with E-state index in [4.69, 9.17) is 5.11 Å². The molecule has 0 fully saturated rings. The van der Waals surface area contributed by atoms with Crippen molar-refractivity contribution in [2.24, 2.45) is 11.8 Å². The van der Waals surface area contributed by atoms with Gasteiger partial charge in [0.1, 0.15) is 0 Å². The minimum absolute atomic E-state index is 0.000159. The molecule has 0 radical (unpaired) electrons. The smallest absolute Gasteiger partial charge is 0.303 e. The highest BCUT2D eigenvalue weighted by molar-refractivity contribution is 5.78. The van der Waals surface area contributed by atoms with Crippen molar-refractivity contribution in [3.05, 3.63) is 0 Å². The van der Waals surface area contributed by atoms with Crippen LogP contribution in [0.2, 0.25) is 0 Å². The summed E-state index contributed by atoms with van der Waals surface area (Å²) in [4.78, 5) is 21.7. The van der Waals surface area contributed by atoms with Crippen LogP contribution >= 0.6 is 0 Å². The normalized spacial score (nSPS) is 14.3. The molecule has 0 aromatic heterocycles. The Hall–Kier alpha value is -1.06. The lowest BCUT2D eigenvalue weighted by molar-refractivity contribution is -0.137. The first-order chi connectivity index (χ1) is 6.99. The van der Waals surface area contributed by atoms with Gasteiger partial charge in [-0.2, -0.15) is 0 Å². The molecule has 0 heterocycles. The SMILES string of the molecule is CCC(C)C(C)C(=O)NCCCC(=O)O. The molecule has 1 amide bonds. The second kappa shape index (κ2) is 7.26. The van der Waals surface area contributed by atoms with Gasteiger partial charge in [0.15, 0.2) is 0 Å². The van der Waals surface area contributed by atoms with Crippen molar-refractivity contribution in [3.63, 3.8) is 0 Å². The minimum atomic E-state index is -0.820. The summed E-state index contributed by atoms with van der Waals surface area (Å²) in [6, 6.07) is 0. The maximum absolute atomic E-state index is 11.5. The highest BCUT2D eigenvalue weighted by atomic mass is 16.4. The van der Waals surface area contributed by atoms with Crippen molar-refractivity contribution in [2.45, 2.75) is 40.0 Å². The third kappa shape index (κ3) is 6.10. The molecule has 88 valence electrons. The third-order valence-corrected chi connectivity index (χ3v) is 2.78. The van der Waals surface area contributed by atoms with Crippen molar-refractivity contribution in [3.8, 4) is 0 Å². The van der Waals surface area contributed by atoms with E-state index < -0.39 is 5.97 Å². The lowest BCUT2D eigenvalue weighted by atomic mass is 9.93. The Morgan fingerprint density at radius 1 is 1.33 bits per heavy atom. The Bertz CT molecular complexity index is 216. The van der Waals surface area contributed by atoms with Gasteiger partial charge in [-0.05, 0) is 12.3 Å². The lowest BCUT2D eigenvalue weighted by Crippen LogP contribution is -2.33. The van der Waals surface area contributed by atoms with Crippen LogP contribution in [-0.4, -0.2) is 23.5 Å². The molecule has 0 aromatic rings. The van der Waals surface area contributed by atoms with Gasteiger partial charge in [-0.15, -0.1) is 0 Å². The summed E-state index contributed by atoms with van der Waals surface area (Å²) in [7, 11) is 0. The van der Waals surface area contributed by atoms with Crippen molar-refractivity contribution in [2.75, 3.05) is 6.54 Å². The van der Waals surface area contributed by atoms with E-state index in [1.54, 1.807) is 0 Å². The first-order valence-electron chi connectivity index (χ1n) is 5.48. The minimum Gasteiger partial charge on any atom is -0.481 e. The molecule has 2 unspecified atom stereocenters. The van der Waals surface area contributed by atoms with Gasteiger partial charge >= 0.3 is 5.97 Å². The zero-order valence-electron chi connectivity index (χ0n) is 9.75. The number of amides is 1. The summed E-state index contributed by atoms with van der Waals surface area (Å²) in [5.41, 5.74) is 0. The number of hydrogen-bond acceptors (Lipinski definition) is 2. The molecule has 4 heteroatoms. The standard InChI is InChI=1S/C11H21NO3/c1-4-8(2)9(3)11(15)12-7-5-6-10(13)14/h8-9H,4-7H2,1-3H3,(H,12,15)(H,13,14). The van der Waals surface area contributed by atoms with Gasteiger partial charge in [0.25, 0.3) is 0 Å². The fourth-order valence-corrected chi connectivity index (χ4v) is 1.22. The van der Waals surface area contributed by atoms with Gasteiger partial charge in [-0.25, -0.2) is 0 Å². The van der Waals surface area contributed by atoms with E-state index in [-0.39, 0.29) is 18.2 Å². The van der Waals surface area contributed by atoms with Crippen molar-refractivity contribution < 1.29 is 14.7 Å². The molecule has 4 nitrogen and oxygen atoms in total. The van der Waals surface area contributed by atoms with Crippen LogP contribution in [0.5, 0.6) is 0 Å². The zero-order valence-corrected chi connectivity index (χ0v) is 9.75. The maximum Gasteiger partial charge on any atom is 0.303 e. The number of hydrogen-bond donors (Lipinski definition) is 2. The Kier molecular flexibility index (Phi) is 6.75. The number of carbonyl (C=O) groups excluding carboxylic acids is 1. The summed E-state index contributed by atoms with van der Waals surface area (Å²) in [5, 5.41) is 11.2. The monoisotopic (exact) mass is 215 g/mol. The summed E-state index contributed by atoms with van der Waals surface area (Å²) >= 11 is 0. The molecular formula is C11H21NO3. The molecule has 0 bridgehead atoms. The van der Waals surface area contributed by atoms with E-state index in [2.05, 4.69) is 12.2 Å². The quantitative estimate of drug-likeness (QED) is 0.634. The number of aliphatic carboxylic acids is 1. The number of carboxylic acids is 1. The van der Waals surface area contributed by atoms with E-state index in [1.807, 2.05) is 13.8 Å². The van der Waals surface area contributed by atoms with Gasteiger partial charge in [0.2, 0.25) is 5.91 Å². The average molecular weight is 215 g/mol. The second-order valence-corrected chi connectivity index (χ2v) is 3.96. The average Bonchev–Trinajstić information content (AvgIpc) is 2.21. The number of carbonyl (C=O) groups is 2. The highest BCUT2D eigenvalue weighted by Crippen LogP contribution is 2.14. The first kappa shape index (κ1) is 13.9. The molecule has 0 aliphatic heterocycles. The van der Waals surface area contributed by atoms with Crippen LogP contribution in [0.1, 0.15) is 40.0 Å². The summed E-state index contributed by atoms with van der Waals surface area (Å²) in [6.45, 7) is 6.45. The fraction of sp³-hybridized carbons (Fsp3) is 0.818. The number of nitrogens with one attached hydrogen (secondary N) is 1. The van der Waals surface area contributed by atoms with E-state index >= 15 is 0 Å². The van der Waals surface area contributed by atoms with Gasteiger partial charge in [-0.1, -0.05) is 27.2 Å². The molecule has 0 spiro atoms. The van der Waals surface area contributed by atoms with E-state index in [0.717, 1.165) is 6.42 Å². The molecular weight excluding hydrogens is 194 g/mol. The number of rotatable bonds is 7. The van der Waals surface area contributed by atoms with Crippen LogP contribution in [0.25, 0.3) is 0 Å². The Morgan fingerprint density at radius 3 is 2.40 bits per heavy atom. The van der Waals surface area contributed by atoms with Crippen LogP contribution in [0.15, 0.2) is 0 Å². The van der Waals surface area contributed by atoms with Gasteiger partial charge in [0, 0.05) is 18.9 Å². The maximum atomic E-state index is 11.5. The largest absolute Gasteiger partial charge is 0.481 e. The molecule has 0 aromatic carbocycles. The van der Waals surface area contributed by atoms with Crippen LogP contribution in [0.4, 0.5) is 0 Å². The second-order valence-electron chi connectivity index (χ2n) is 3.96.